The number of aliphatic hydroxyl groups is 3. The van der Waals surface area contributed by atoms with Crippen LogP contribution in [-0.4, -0.2) is 130 Å². The molecule has 10 rings (SSSR count). The summed E-state index contributed by atoms with van der Waals surface area (Å²) < 4.78 is 42.2. The van der Waals surface area contributed by atoms with E-state index >= 15 is 0 Å². The SMILES string of the molecule is Nc1nc(NC2CC2)c2ncn([C@H]3C=C[C@@H](CO)C3)c2n1.Nc1nc(NC2CC2)c2ncn([C@H]3C=C[C@@H](CO)C3)c2n1.Nc1nc2c(ncn2COCCO)c(=O)[nH]1.O=S(=O)(O)O. The second-order valence-corrected chi connectivity index (χ2v) is 16.0. The minimum absolute atomic E-state index is 0.0291. The largest absolute Gasteiger partial charge is 0.396 e. The van der Waals surface area contributed by atoms with E-state index in [0.29, 0.717) is 17.7 Å². The van der Waals surface area contributed by atoms with Crippen molar-refractivity contribution in [1.82, 2.24) is 58.6 Å². The molecule has 4 aliphatic rings. The molecule has 0 unspecified atom stereocenters. The Balaban J connectivity index is 0.000000136. The smallest absolute Gasteiger partial charge is 0.394 e. The van der Waals surface area contributed by atoms with Crippen LogP contribution in [-0.2, 0) is 21.9 Å². The highest BCUT2D eigenvalue weighted by atomic mass is 32.3. The number of imidazole rings is 3. The summed E-state index contributed by atoms with van der Waals surface area (Å²) in [6.07, 6.45) is 19.6. The maximum Gasteiger partial charge on any atom is 0.394 e. The number of ether oxygens (including phenoxy) is 1. The van der Waals surface area contributed by atoms with Gasteiger partial charge in [0.15, 0.2) is 45.1 Å². The first-order chi connectivity index (χ1) is 30.2. The van der Waals surface area contributed by atoms with Crippen LogP contribution in [0.5, 0.6) is 0 Å². The second kappa shape index (κ2) is 19.4. The van der Waals surface area contributed by atoms with Crippen molar-refractivity contribution in [1.29, 1.82) is 0 Å². The summed E-state index contributed by atoms with van der Waals surface area (Å²) in [5, 5.41) is 33.8. The fourth-order valence-corrected chi connectivity index (χ4v) is 6.88. The van der Waals surface area contributed by atoms with Gasteiger partial charge in [-0.3, -0.25) is 23.5 Å². The Labute approximate surface area is 358 Å². The third-order valence-electron chi connectivity index (χ3n) is 10.2. The Bertz CT molecular complexity index is 2630. The van der Waals surface area contributed by atoms with Crippen LogP contribution < -0.4 is 33.4 Å². The number of hydrogen-bond donors (Lipinski definition) is 11. The molecule has 63 heavy (non-hydrogen) atoms. The molecular weight excluding hydrogens is 847 g/mol. The number of nitrogens with two attached hydrogens (primary N) is 3. The van der Waals surface area contributed by atoms with Crippen molar-refractivity contribution in [2.75, 3.05) is 54.3 Å². The summed E-state index contributed by atoms with van der Waals surface area (Å²) in [7, 11) is -4.67. The number of aromatic nitrogens is 12. The van der Waals surface area contributed by atoms with E-state index in [0.717, 1.165) is 72.5 Å². The van der Waals surface area contributed by atoms with E-state index in [4.69, 9.17) is 44.6 Å². The molecular formula is C36H49N17O9S. The van der Waals surface area contributed by atoms with Crippen molar-refractivity contribution in [2.45, 2.75) is 69.4 Å². The van der Waals surface area contributed by atoms with Gasteiger partial charge >= 0.3 is 10.4 Å². The van der Waals surface area contributed by atoms with Gasteiger partial charge in [-0.05, 0) is 38.5 Å². The Kier molecular flexibility index (Phi) is 13.7. The number of H-pyrrole nitrogens is 1. The van der Waals surface area contributed by atoms with Crippen molar-refractivity contribution in [3.8, 4) is 0 Å². The van der Waals surface area contributed by atoms with Crippen LogP contribution in [0.15, 0.2) is 48.1 Å². The number of aromatic amines is 1. The number of fused-ring (bicyclic) bond motifs is 3. The number of anilines is 5. The van der Waals surface area contributed by atoms with Crippen LogP contribution in [0, 0.1) is 11.8 Å². The minimum atomic E-state index is -4.67. The number of nitrogens with zero attached hydrogens (tertiary/aromatic N) is 11. The predicted octanol–water partition coefficient (Wildman–Crippen LogP) is 0.200. The fourth-order valence-electron chi connectivity index (χ4n) is 6.88. The summed E-state index contributed by atoms with van der Waals surface area (Å²) in [6.45, 7) is 0.643. The third-order valence-corrected chi connectivity index (χ3v) is 10.2. The lowest BCUT2D eigenvalue weighted by Crippen LogP contribution is -2.13. The van der Waals surface area contributed by atoms with Crippen LogP contribution in [0.25, 0.3) is 33.5 Å². The Morgan fingerprint density at radius 2 is 1.17 bits per heavy atom. The molecule has 2 fully saturated rings. The molecule has 6 aromatic rings. The summed E-state index contributed by atoms with van der Waals surface area (Å²) in [4.78, 5) is 47.8. The fraction of sp³-hybridized carbons (Fsp3) is 0.472. The van der Waals surface area contributed by atoms with Gasteiger partial charge in [0.05, 0.1) is 44.3 Å². The molecule has 0 radical (unpaired) electrons. The lowest BCUT2D eigenvalue weighted by atomic mass is 10.1. The van der Waals surface area contributed by atoms with E-state index < -0.39 is 10.4 Å². The number of nitrogen functional groups attached to an aromatic ring is 3. The van der Waals surface area contributed by atoms with Crippen LogP contribution in [0.1, 0.15) is 50.6 Å². The Morgan fingerprint density at radius 1 is 0.698 bits per heavy atom. The predicted molar refractivity (Wildman–Crippen MR) is 229 cm³/mol. The van der Waals surface area contributed by atoms with Gasteiger partial charge in [0, 0.05) is 37.1 Å². The molecule has 2 saturated carbocycles. The highest BCUT2D eigenvalue weighted by molar-refractivity contribution is 7.79. The maximum absolute atomic E-state index is 11.4. The summed E-state index contributed by atoms with van der Waals surface area (Å²) in [6, 6.07) is 1.29. The topological polar surface area (TPSA) is 397 Å². The zero-order valence-electron chi connectivity index (χ0n) is 33.7. The number of aliphatic hydroxyl groups excluding tert-OH is 3. The number of allylic oxidation sites excluding steroid dienone is 2. The zero-order chi connectivity index (χ0) is 44.8. The van der Waals surface area contributed by atoms with Crippen molar-refractivity contribution in [3.05, 3.63) is 53.6 Å². The quantitative estimate of drug-likeness (QED) is 0.0444. The molecule has 4 aliphatic carbocycles. The molecule has 27 heteroatoms. The number of rotatable bonds is 12. The normalized spacial score (nSPS) is 20.3. The van der Waals surface area contributed by atoms with Crippen LogP contribution in [0.3, 0.4) is 0 Å². The Morgan fingerprint density at radius 3 is 1.60 bits per heavy atom. The van der Waals surface area contributed by atoms with Crippen LogP contribution in [0.4, 0.5) is 29.5 Å². The van der Waals surface area contributed by atoms with Crippen molar-refractivity contribution >= 4 is 73.4 Å². The Hall–Kier alpha value is -6.36. The average molecular weight is 896 g/mol. The molecule has 0 aromatic carbocycles. The van der Waals surface area contributed by atoms with Crippen LogP contribution >= 0.6 is 0 Å². The monoisotopic (exact) mass is 895 g/mol. The maximum atomic E-state index is 11.4. The first kappa shape index (κ1) is 44.7. The molecule has 14 N–H and O–H groups in total. The van der Waals surface area contributed by atoms with E-state index in [9.17, 15) is 15.0 Å². The highest BCUT2D eigenvalue weighted by Gasteiger charge is 2.28. The summed E-state index contributed by atoms with van der Waals surface area (Å²) in [5.74, 6) is 2.40. The van der Waals surface area contributed by atoms with E-state index in [1.54, 1.807) is 12.7 Å². The molecule has 4 atom stereocenters. The van der Waals surface area contributed by atoms with Crippen molar-refractivity contribution < 1.29 is 37.6 Å². The lowest BCUT2D eigenvalue weighted by Gasteiger charge is -2.13. The summed E-state index contributed by atoms with van der Waals surface area (Å²) in [5.41, 5.74) is 20.3. The second-order valence-electron chi connectivity index (χ2n) is 15.2. The van der Waals surface area contributed by atoms with E-state index in [1.807, 2.05) is 21.3 Å². The van der Waals surface area contributed by atoms with Gasteiger partial charge in [0.25, 0.3) is 5.56 Å². The van der Waals surface area contributed by atoms with Gasteiger partial charge in [0.1, 0.15) is 6.73 Å². The molecule has 26 nitrogen and oxygen atoms in total. The van der Waals surface area contributed by atoms with Gasteiger partial charge < -0.3 is 57.0 Å². The molecule has 0 aliphatic heterocycles. The van der Waals surface area contributed by atoms with E-state index in [2.05, 4.69) is 67.6 Å². The molecule has 0 amide bonds. The zero-order valence-corrected chi connectivity index (χ0v) is 34.5. The van der Waals surface area contributed by atoms with Gasteiger partial charge in [0.2, 0.25) is 17.8 Å². The molecule has 6 heterocycles. The van der Waals surface area contributed by atoms with E-state index in [-0.39, 0.29) is 86.0 Å². The standard InChI is InChI=1S/2C14H18N6O.C8H11N5O3.H2O4S/c2*15-14-18-12(17-9-2-3-9)11-13(19-14)20(7-16-11)10-4-1-8(5-10)6-21;9-8-11-6-5(7(15)12-8)10-3-13(6)4-16-2-1-14;1-5(2,3)4/h2*1,4,7-10,21H,2-3,5-6H2,(H3,15,17,18,19);3,14H,1-2,4H2,(H3,9,11,12,15);(H2,1,2,3,4)/t2*8-,10+;;/m11../s1. The third kappa shape index (κ3) is 11.6. The van der Waals surface area contributed by atoms with Gasteiger partial charge in [-0.2, -0.15) is 33.3 Å². The van der Waals surface area contributed by atoms with Gasteiger partial charge in [-0.25, -0.2) is 15.0 Å². The first-order valence-electron chi connectivity index (χ1n) is 19.9. The molecule has 338 valence electrons. The minimum Gasteiger partial charge on any atom is -0.396 e. The summed E-state index contributed by atoms with van der Waals surface area (Å²) >= 11 is 0. The molecule has 0 spiro atoms. The van der Waals surface area contributed by atoms with Gasteiger partial charge in [-0.15, -0.1) is 0 Å². The number of nitrogens with one attached hydrogen (secondary N) is 3. The molecule has 0 saturated heterocycles. The lowest BCUT2D eigenvalue weighted by molar-refractivity contribution is 0.0499. The highest BCUT2D eigenvalue weighted by Crippen LogP contribution is 2.34. The number of hydrogen-bond acceptors (Lipinski definition) is 20. The van der Waals surface area contributed by atoms with E-state index in [1.165, 1.54) is 10.9 Å². The first-order valence-corrected chi connectivity index (χ1v) is 21.3. The average Bonchev–Trinajstić information content (AvgIpc) is 3.82. The molecule has 6 aromatic heterocycles. The van der Waals surface area contributed by atoms with Crippen LogP contribution in [0.2, 0.25) is 0 Å². The van der Waals surface area contributed by atoms with Crippen molar-refractivity contribution in [3.63, 3.8) is 0 Å². The van der Waals surface area contributed by atoms with Gasteiger partial charge in [-0.1, -0.05) is 24.3 Å². The van der Waals surface area contributed by atoms with Crippen molar-refractivity contribution in [2.24, 2.45) is 11.8 Å². The molecule has 0 bridgehead atoms.